The van der Waals surface area contributed by atoms with Crippen molar-refractivity contribution in [3.05, 3.63) is 0 Å². The average Bonchev–Trinajstić information content (AvgIpc) is 2.44. The molecule has 13 nitrogen and oxygen atoms in total. The van der Waals surface area contributed by atoms with Gasteiger partial charge in [-0.15, -0.1) is 0 Å². The molecule has 0 fully saturated rings. The Morgan fingerprint density at radius 1 is 0.655 bits per heavy atom. The van der Waals surface area contributed by atoms with Crippen LogP contribution in [0.15, 0.2) is 0 Å². The molecule has 0 radical (unpaired) electrons. The maximum absolute atomic E-state index is 11.4. The minimum atomic E-state index is -2.36. The largest absolute Gasteiger partial charge is 1.00 e. The van der Waals surface area contributed by atoms with Gasteiger partial charge in [-0.2, -0.15) is 0 Å². The number of carboxylic acid groups (broad SMARTS) is 4. The van der Waals surface area contributed by atoms with Crippen molar-refractivity contribution in [3.63, 3.8) is 0 Å². The number of carboxylic acids is 4. The van der Waals surface area contributed by atoms with Crippen molar-refractivity contribution < 1.29 is 182 Å². The fourth-order valence-corrected chi connectivity index (χ4v) is 1.32. The first-order valence-corrected chi connectivity index (χ1v) is 6.33. The van der Waals surface area contributed by atoms with E-state index in [0.29, 0.717) is 0 Å². The van der Waals surface area contributed by atoms with E-state index in [1.165, 1.54) is 0 Å². The van der Waals surface area contributed by atoms with Gasteiger partial charge in [0.05, 0.1) is 18.4 Å². The molecule has 0 amide bonds. The molecule has 0 saturated heterocycles. The molecule has 0 rings (SSSR count). The molecule has 0 aromatic carbocycles. The van der Waals surface area contributed by atoms with E-state index in [-0.39, 0.29) is 118 Å². The first-order chi connectivity index (χ1) is 11.4. The van der Waals surface area contributed by atoms with Gasteiger partial charge < -0.3 is 54.2 Å². The number of aliphatic hydroxyl groups excluding tert-OH is 1. The summed E-state index contributed by atoms with van der Waals surface area (Å²) in [6, 6.07) is 0. The molecule has 17 heteroatoms. The third-order valence-electron chi connectivity index (χ3n) is 2.39. The van der Waals surface area contributed by atoms with Crippen LogP contribution in [0.4, 0.5) is 0 Å². The van der Waals surface area contributed by atoms with Gasteiger partial charge in [-0.3, -0.25) is 4.79 Å². The van der Waals surface area contributed by atoms with Gasteiger partial charge in [0.2, 0.25) is 0 Å². The molecule has 3 atom stereocenters. The van der Waals surface area contributed by atoms with Crippen molar-refractivity contribution in [1.82, 2.24) is 0 Å². The Bertz CT molecular complexity index is 582. The zero-order valence-corrected chi connectivity index (χ0v) is 24.2. The molecule has 0 aliphatic heterocycles. The normalized spacial score (nSPS) is 11.9. The summed E-state index contributed by atoms with van der Waals surface area (Å²) in [6.45, 7) is 0. The number of carbonyl (C=O) groups excluding carboxylic acids is 6. The van der Waals surface area contributed by atoms with Gasteiger partial charge in [-0.1, -0.05) is 0 Å². The van der Waals surface area contributed by atoms with E-state index in [1.54, 1.807) is 0 Å². The first-order valence-electron chi connectivity index (χ1n) is 6.33. The van der Waals surface area contributed by atoms with Gasteiger partial charge in [-0.25, -0.2) is 4.79 Å². The number of aliphatic carboxylic acids is 4. The Labute approximate surface area is 252 Å². The van der Waals surface area contributed by atoms with Crippen LogP contribution in [0, 0.1) is 0 Å². The van der Waals surface area contributed by atoms with E-state index in [1.807, 2.05) is 0 Å². The SMILES string of the molecule is O=C([O-])CC(OC(=O)CC(O)C(=O)OC(CC(=O)[O-])C(=O)[O-])C(=O)[O-].[Na+].[Na+].[Na+].[Na+]. The summed E-state index contributed by atoms with van der Waals surface area (Å²) in [5, 5.41) is 51.0. The number of hydrogen-bond acceptors (Lipinski definition) is 13. The second-order valence-corrected chi connectivity index (χ2v) is 4.41. The van der Waals surface area contributed by atoms with Crippen molar-refractivity contribution in [2.24, 2.45) is 0 Å². The van der Waals surface area contributed by atoms with E-state index in [2.05, 4.69) is 9.47 Å². The molecule has 0 aliphatic rings. The van der Waals surface area contributed by atoms with Gasteiger partial charge in [-0.05, 0) is 0 Å². The second kappa shape index (κ2) is 20.7. The molecule has 0 saturated carbocycles. The van der Waals surface area contributed by atoms with Crippen molar-refractivity contribution in [3.8, 4) is 0 Å². The van der Waals surface area contributed by atoms with Crippen molar-refractivity contribution >= 4 is 35.8 Å². The zero-order chi connectivity index (χ0) is 19.7. The molecule has 140 valence electrons. The van der Waals surface area contributed by atoms with Crippen molar-refractivity contribution in [1.29, 1.82) is 0 Å². The molecule has 0 heterocycles. The third kappa shape index (κ3) is 19.2. The van der Waals surface area contributed by atoms with Crippen LogP contribution < -0.4 is 139 Å². The predicted octanol–water partition coefficient (Wildman–Crippen LogP) is -19.6. The average molecular weight is 454 g/mol. The van der Waals surface area contributed by atoms with Gasteiger partial charge in [0.25, 0.3) is 0 Å². The minimum absolute atomic E-state index is 0. The third-order valence-corrected chi connectivity index (χ3v) is 2.39. The summed E-state index contributed by atoms with van der Waals surface area (Å²) in [7, 11) is 0. The monoisotopic (exact) mass is 454 g/mol. The number of ether oxygens (including phenoxy) is 2. The van der Waals surface area contributed by atoms with E-state index in [0.717, 1.165) is 0 Å². The minimum Gasteiger partial charge on any atom is -0.550 e. The molecule has 1 N–H and O–H groups in total. The Balaban J connectivity index is -0.000000480. The summed E-state index contributed by atoms with van der Waals surface area (Å²) >= 11 is 0. The smallest absolute Gasteiger partial charge is 0.550 e. The number of aliphatic hydroxyl groups is 1. The molecule has 3 unspecified atom stereocenters. The summed E-state index contributed by atoms with van der Waals surface area (Å²) < 4.78 is 8.23. The molecule has 0 bridgehead atoms. The molecule has 0 aliphatic carbocycles. The van der Waals surface area contributed by atoms with Crippen LogP contribution in [0.25, 0.3) is 0 Å². The fourth-order valence-electron chi connectivity index (χ4n) is 1.32. The van der Waals surface area contributed by atoms with Crippen LogP contribution in [0.2, 0.25) is 0 Å². The van der Waals surface area contributed by atoms with Crippen LogP contribution in [0.5, 0.6) is 0 Å². The Hall–Kier alpha value is 0.780. The molecular weight excluding hydrogens is 444 g/mol. The zero-order valence-electron chi connectivity index (χ0n) is 16.2. The summed E-state index contributed by atoms with van der Waals surface area (Å²) in [5.41, 5.74) is 0. The van der Waals surface area contributed by atoms with Crippen LogP contribution >= 0.6 is 0 Å². The quantitative estimate of drug-likeness (QED) is 0.226. The topological polar surface area (TPSA) is 233 Å². The van der Waals surface area contributed by atoms with Crippen LogP contribution in [-0.2, 0) is 38.2 Å². The maximum Gasteiger partial charge on any atom is 1.00 e. The maximum atomic E-state index is 11.4. The molecule has 0 spiro atoms. The van der Waals surface area contributed by atoms with Gasteiger partial charge in [0.15, 0.2) is 6.10 Å². The summed E-state index contributed by atoms with van der Waals surface area (Å²) in [5.74, 6) is -11.3. The molecule has 0 aromatic heterocycles. The Morgan fingerprint density at radius 3 is 1.31 bits per heavy atom. The van der Waals surface area contributed by atoms with E-state index in [4.69, 9.17) is 0 Å². The van der Waals surface area contributed by atoms with E-state index >= 15 is 0 Å². The van der Waals surface area contributed by atoms with Crippen LogP contribution in [-0.4, -0.2) is 59.2 Å². The summed E-state index contributed by atoms with van der Waals surface area (Å²) in [6.07, 6.45) is -10.7. The van der Waals surface area contributed by atoms with Gasteiger partial charge in [0, 0.05) is 24.8 Å². The van der Waals surface area contributed by atoms with E-state index < -0.39 is 73.4 Å². The number of carbonyl (C=O) groups is 6. The molecule has 0 aromatic rings. The molecule has 29 heavy (non-hydrogen) atoms. The summed E-state index contributed by atoms with van der Waals surface area (Å²) in [4.78, 5) is 64.3. The van der Waals surface area contributed by atoms with Gasteiger partial charge in [0.1, 0.15) is 12.2 Å². The fraction of sp³-hybridized carbons (Fsp3) is 0.500. The second-order valence-electron chi connectivity index (χ2n) is 4.41. The van der Waals surface area contributed by atoms with Gasteiger partial charge >= 0.3 is 130 Å². The van der Waals surface area contributed by atoms with Crippen molar-refractivity contribution in [2.45, 2.75) is 37.6 Å². The van der Waals surface area contributed by atoms with Crippen LogP contribution in [0.1, 0.15) is 19.3 Å². The molecular formula is C12H10Na4O13. The van der Waals surface area contributed by atoms with E-state index in [9.17, 15) is 54.3 Å². The number of hydrogen-bond donors (Lipinski definition) is 1. The van der Waals surface area contributed by atoms with Crippen LogP contribution in [0.3, 0.4) is 0 Å². The van der Waals surface area contributed by atoms with Crippen molar-refractivity contribution in [2.75, 3.05) is 0 Å². The predicted molar refractivity (Wildman–Crippen MR) is 59.6 cm³/mol. The number of esters is 2. The standard InChI is InChI=1S/C12H14O13.4Na/c13-4(12(23)25-6(11(21)22)3-8(16)17)1-9(18)24-5(10(19)20)2-7(14)15;;;;/h4-6,13H,1-3H2,(H,14,15)(H,16,17)(H,19,20)(H,21,22);;;;/q;4*+1/p-4. The number of rotatable bonds is 11. The Kier molecular flexibility index (Phi) is 28.6. The Morgan fingerprint density at radius 2 is 1.00 bits per heavy atom. The first kappa shape index (κ1) is 40.2.